The molecule has 2 aliphatic carbocycles. The first-order valence-electron chi connectivity index (χ1n) is 46.1. The molecule has 0 fully saturated rings. The molecule has 22 heteroatoms. The number of halogens is 17. The molecule has 14 rings (SSSR count). The lowest BCUT2D eigenvalue weighted by Crippen LogP contribution is -2.27. The summed E-state index contributed by atoms with van der Waals surface area (Å²) in [6, 6.07) is 47.2. The number of rotatable bonds is 33. The number of aryl methyl sites for hydroxylation is 3. The molecule has 12 aromatic rings. The molecule has 0 amide bonds. The Labute approximate surface area is 800 Å². The molecule has 0 saturated carbocycles. The van der Waals surface area contributed by atoms with E-state index in [9.17, 15) is 44.7 Å². The molecule has 0 radical (unpaired) electrons. The highest BCUT2D eigenvalue weighted by atomic mass is 31.0. The highest BCUT2D eigenvalue weighted by molar-refractivity contribution is 6.92. The first kappa shape index (κ1) is 113. The number of fused-ring (bicyclic) bond motifs is 6. The van der Waals surface area contributed by atoms with Crippen LogP contribution >= 0.6 is 9.90 Å². The number of nitrogens with zero attached hydrogens (tertiary/aromatic N) is 1. The minimum absolute atomic E-state index is 0. The van der Waals surface area contributed by atoms with Crippen LogP contribution in [0.1, 0.15) is 262 Å². The normalized spacial score (nSPS) is 12.3. The van der Waals surface area contributed by atoms with Crippen LogP contribution in [0.2, 0.25) is 0 Å². The Bertz CT molecular complexity index is 5930. The van der Waals surface area contributed by atoms with Gasteiger partial charge in [0.05, 0.1) is 72.7 Å². The molecule has 0 atom stereocenters. The predicted octanol–water partition coefficient (Wildman–Crippen LogP) is 36.0. The van der Waals surface area contributed by atoms with Gasteiger partial charge in [0.1, 0.15) is 12.6 Å². The molecule has 12 aromatic carbocycles. The Kier molecular flexibility index (Phi) is 41.3. The van der Waals surface area contributed by atoms with Crippen LogP contribution in [0.25, 0.3) is 107 Å². The highest BCUT2D eigenvalue weighted by Gasteiger charge is 2.45. The topological polar surface area (TPSA) is 64.1 Å². The van der Waals surface area contributed by atoms with E-state index >= 15 is 35.1 Å². The van der Waals surface area contributed by atoms with Gasteiger partial charge in [0.25, 0.3) is 0 Å². The standard InChI is InChI=1S/C55H50F8.C28H18F8.C27H34O2.C4H12N.CH4.FH.H2O.P.H2/c1-5-8-10-12-29-55(30-13-11-9-6-2)41-31-35(14-7-3)21-27-39(41)40-28-22-36(32-42(40)55)18-17-34-19-25-38(26-20-34)44-49(58)53(62)46(54(63)50(44)59)45-51(60)47(56)43(48(57)52(45)61)37-23-15-33(4)16-24-37;1-3-13-5-9-15(10-6-13)17-21(29)25(33)19(26(34)22(17)30)20-27(35)23(31)18(24(32)28(20)36)16-11-7-14(4-2)8-12-16;1-3-5-7-9-15-27(16-10-8-6-4-2)25-17-21(19-28)11-13-23(25)24-14-12-22(20-29)18-26(24)27;1-5(2,3)4;;;;;/h7,14-28,31-32H,5-6,8-13,29-30H2,1-4H3;5-12H,3-4H2,1-2H3;11-14,17-20H,3-10,15-16H2,1-2H3;1-4H3;1H4;1H;1H2;;1H/q;;;+1;;;;-3;/p-1/b14-7+,18-17+;;;;;;;;/i;;;;;;;;1+2. The zero-order chi connectivity index (χ0) is 96.5. The number of aldehydes is 2. The Hall–Kier alpha value is -11.4. The Balaban J connectivity index is 0.000000330. The number of hydrogen-bond acceptors (Lipinski definition) is 3. The summed E-state index contributed by atoms with van der Waals surface area (Å²) in [7, 11) is 8.50. The molecule has 0 saturated heterocycles. The summed E-state index contributed by atoms with van der Waals surface area (Å²) in [6.07, 6.45) is 34.4. The van der Waals surface area contributed by atoms with Crippen molar-refractivity contribution in [3.8, 4) is 89.0 Å². The second-order valence-electron chi connectivity index (χ2n) is 36.0. The van der Waals surface area contributed by atoms with Crippen molar-refractivity contribution >= 4 is 40.7 Å². The van der Waals surface area contributed by atoms with Crippen molar-refractivity contribution in [2.45, 2.75) is 215 Å². The van der Waals surface area contributed by atoms with Gasteiger partial charge in [-0.3, -0.25) is 14.3 Å². The molecule has 1 N–H and O–H groups in total. The van der Waals surface area contributed by atoms with E-state index in [4.69, 9.17) is 0 Å². The molecular formula is C115H122F17NO3P-3. The third-order valence-electron chi connectivity index (χ3n) is 25.1. The summed E-state index contributed by atoms with van der Waals surface area (Å²) < 4.78 is 245. The number of unbranched alkanes of at least 4 members (excludes halogenated alkanes) is 12. The van der Waals surface area contributed by atoms with Crippen molar-refractivity contribution in [2.75, 3.05) is 28.2 Å². The lowest BCUT2D eigenvalue weighted by molar-refractivity contribution is -0.849. The summed E-state index contributed by atoms with van der Waals surface area (Å²) in [6.45, 7) is 16.3. The number of hydrogen-bond donors (Lipinski definition) is 0. The highest BCUT2D eigenvalue weighted by Crippen LogP contribution is 2.57. The molecular weight excluding hydrogens is 1800 g/mol. The van der Waals surface area contributed by atoms with Gasteiger partial charge in [0.15, 0.2) is 93.1 Å². The lowest BCUT2D eigenvalue weighted by Gasteiger charge is -3.00. The van der Waals surface area contributed by atoms with E-state index in [0.29, 0.717) is 24.0 Å². The molecule has 732 valence electrons. The fourth-order valence-corrected chi connectivity index (χ4v) is 18.3. The summed E-state index contributed by atoms with van der Waals surface area (Å²) in [5, 5.41) is 0. The van der Waals surface area contributed by atoms with E-state index in [0.717, 1.165) is 96.2 Å². The maximum Gasteiger partial charge on any atom is 0.170 e. The second-order valence-corrected chi connectivity index (χ2v) is 36.0. The van der Waals surface area contributed by atoms with Gasteiger partial charge in [-0.1, -0.05) is 339 Å². The SMILES string of the molecule is C.C/C=C/c1ccc2c(c1)C(CCCCCC)(CCCCCC)c1cc(/C=C/c3ccc(-c4c(F)c(F)c(-c5c(F)c(F)c(-c6ccc(C)cc6)c(F)c5F)c(F)c4F)cc3)ccc1-2.CCCCCCC1(CCCCCC)c2cc(C=O)ccc2-c2ccc(C=O)cc21.CCc1ccc(-c2c(F)c(F)c(-c3c(F)c(F)c(-c4ccc(CC)cc4)c(F)c3F)c(F)c2F)cc1.C[N+](C)(C)C.F.[3HH].[OH-].[P-3]. The van der Waals surface area contributed by atoms with Crippen LogP contribution in [0.15, 0.2) is 176 Å². The minimum atomic E-state index is -2.21. The van der Waals surface area contributed by atoms with Crippen LogP contribution in [0, 0.1) is 100.0 Å². The van der Waals surface area contributed by atoms with Crippen molar-refractivity contribution in [3.63, 3.8) is 0 Å². The molecule has 137 heavy (non-hydrogen) atoms. The van der Waals surface area contributed by atoms with Crippen LogP contribution in [0.4, 0.5) is 75.0 Å². The van der Waals surface area contributed by atoms with Gasteiger partial charge in [0, 0.05) is 23.4 Å². The third-order valence-corrected chi connectivity index (χ3v) is 25.1. The Morgan fingerprint density at radius 1 is 0.285 bits per heavy atom. The second kappa shape index (κ2) is 50.3. The first-order chi connectivity index (χ1) is 63.7. The van der Waals surface area contributed by atoms with Crippen LogP contribution in [0.5, 0.6) is 0 Å². The van der Waals surface area contributed by atoms with Crippen LogP contribution < -0.4 is 0 Å². The average molecular weight is 1920 g/mol. The molecule has 0 unspecified atom stereocenters. The van der Waals surface area contributed by atoms with Crippen LogP contribution in [-0.2, 0) is 23.7 Å². The van der Waals surface area contributed by atoms with Crippen molar-refractivity contribution < 1.29 is 95.9 Å². The zero-order valence-electron chi connectivity index (χ0n) is 78.8. The van der Waals surface area contributed by atoms with Crippen LogP contribution in [0.3, 0.4) is 0 Å². The number of allylic oxidation sites excluding steroid dienone is 1. The average Bonchev–Trinajstić information content (AvgIpc) is 1.51. The monoisotopic (exact) mass is 1920 g/mol. The van der Waals surface area contributed by atoms with E-state index in [1.807, 2.05) is 45.1 Å². The largest absolute Gasteiger partial charge is 3.00 e. The molecule has 0 spiro atoms. The van der Waals surface area contributed by atoms with Crippen molar-refractivity contribution in [1.29, 1.82) is 0 Å². The summed E-state index contributed by atoms with van der Waals surface area (Å²) >= 11 is 0. The van der Waals surface area contributed by atoms with Crippen LogP contribution in [-0.4, -0.2) is 50.7 Å². The van der Waals surface area contributed by atoms with Crippen molar-refractivity contribution in [2.24, 2.45) is 0 Å². The quantitative estimate of drug-likeness (QED) is 0.00783. The van der Waals surface area contributed by atoms with E-state index < -0.39 is 138 Å². The fraction of sp³-hybridized carbons (Fsp3) is 0.322. The maximum atomic E-state index is 15.7. The zero-order valence-corrected chi connectivity index (χ0v) is 79.7. The predicted molar refractivity (Wildman–Crippen MR) is 527 cm³/mol. The number of benzene rings is 12. The molecule has 0 aliphatic heterocycles. The van der Waals surface area contributed by atoms with Crippen molar-refractivity contribution in [1.82, 2.24) is 0 Å². The first-order valence-corrected chi connectivity index (χ1v) is 46.1. The summed E-state index contributed by atoms with van der Waals surface area (Å²) in [5.74, 6) is -33.4. The Morgan fingerprint density at radius 3 is 0.723 bits per heavy atom. The fourth-order valence-electron chi connectivity index (χ4n) is 18.3. The third kappa shape index (κ3) is 24.5. The van der Waals surface area contributed by atoms with Gasteiger partial charge in [-0.25, -0.2) is 70.2 Å². The maximum absolute atomic E-state index is 15.7. The van der Waals surface area contributed by atoms with E-state index in [2.05, 4.69) is 129 Å². The summed E-state index contributed by atoms with van der Waals surface area (Å²) in [4.78, 5) is 23.1. The molecule has 0 bridgehead atoms. The molecule has 0 heterocycles. The molecule has 0 aromatic heterocycles. The minimum Gasteiger partial charge on any atom is -3.00 e. The van der Waals surface area contributed by atoms with Gasteiger partial charge >= 0.3 is 0 Å². The van der Waals surface area contributed by atoms with E-state index in [1.165, 1.54) is 224 Å². The van der Waals surface area contributed by atoms with Crippen molar-refractivity contribution in [3.05, 3.63) is 336 Å². The smallest absolute Gasteiger partial charge is 0.170 e. The number of carbonyl (C=O) groups excluding carboxylic acids is 2. The van der Waals surface area contributed by atoms with E-state index in [-0.39, 0.29) is 62.0 Å². The van der Waals surface area contributed by atoms with Gasteiger partial charge in [-0.2, -0.15) is 0 Å². The Morgan fingerprint density at radius 2 is 0.489 bits per heavy atom. The molecule has 4 nitrogen and oxygen atoms in total. The summed E-state index contributed by atoms with van der Waals surface area (Å²) in [5.41, 5.74) is 3.42. The van der Waals surface area contributed by atoms with Gasteiger partial charge in [0.2, 0.25) is 0 Å². The van der Waals surface area contributed by atoms with Gasteiger partial charge < -0.3 is 19.9 Å². The number of quaternary nitrogens is 1. The van der Waals surface area contributed by atoms with Gasteiger partial charge in [-0.05, 0) is 159 Å². The van der Waals surface area contributed by atoms with E-state index in [1.54, 1.807) is 6.92 Å². The number of carbonyl (C=O) groups is 2. The lowest BCUT2D eigenvalue weighted by atomic mass is 9.70. The van der Waals surface area contributed by atoms with Gasteiger partial charge in [-0.15, -0.1) is 0 Å². The molecule has 2 aliphatic rings.